The first-order chi connectivity index (χ1) is 13.0. The minimum absolute atomic E-state index is 0.0324. The van der Waals surface area contributed by atoms with Crippen molar-refractivity contribution < 1.29 is 13.2 Å². The van der Waals surface area contributed by atoms with Crippen LogP contribution in [0.1, 0.15) is 19.3 Å². The normalized spacial score (nSPS) is 24.4. The van der Waals surface area contributed by atoms with E-state index in [1.165, 1.54) is 16.8 Å². The second-order valence-electron chi connectivity index (χ2n) is 7.07. The van der Waals surface area contributed by atoms with E-state index in [9.17, 15) is 13.2 Å². The lowest BCUT2D eigenvalue weighted by molar-refractivity contribution is 0.316. The smallest absolute Gasteiger partial charge is 0.194 e. The highest BCUT2D eigenvalue weighted by molar-refractivity contribution is 5.64. The number of nitrogens with one attached hydrogen (secondary N) is 2. The van der Waals surface area contributed by atoms with E-state index in [0.717, 1.165) is 31.4 Å². The van der Waals surface area contributed by atoms with E-state index < -0.39 is 17.5 Å². The molecule has 2 heterocycles. The van der Waals surface area contributed by atoms with Crippen molar-refractivity contribution in [2.45, 2.75) is 25.4 Å². The molecule has 0 bridgehead atoms. The second kappa shape index (κ2) is 6.79. The standard InChI is InChI=1S/C20H21F3N4/c1-24-10-11-3-5-17-14(7-11)13-4-6-18(26-20(13)27(17)2)25-12-8-15(21)19(23)16(22)9-12/h4,6,8-11,20,25-26H,3,5,7H2,1-2H3/b24-10+. The first kappa shape index (κ1) is 17.7. The average molecular weight is 374 g/mol. The summed E-state index contributed by atoms with van der Waals surface area (Å²) in [7, 11) is 3.85. The van der Waals surface area contributed by atoms with E-state index in [2.05, 4.69) is 20.5 Å². The molecule has 0 aromatic heterocycles. The van der Waals surface area contributed by atoms with Gasteiger partial charge in [-0.05, 0) is 42.4 Å². The van der Waals surface area contributed by atoms with Gasteiger partial charge < -0.3 is 20.5 Å². The molecule has 0 saturated carbocycles. The molecule has 2 unspecified atom stereocenters. The second-order valence-corrected chi connectivity index (χ2v) is 7.07. The van der Waals surface area contributed by atoms with Gasteiger partial charge in [-0.25, -0.2) is 13.2 Å². The van der Waals surface area contributed by atoms with E-state index in [1.807, 2.05) is 25.4 Å². The van der Waals surface area contributed by atoms with Crippen LogP contribution in [0, 0.1) is 23.4 Å². The van der Waals surface area contributed by atoms with Gasteiger partial charge in [0, 0.05) is 43.8 Å². The number of aliphatic imine (C=N–C) groups is 1. The Morgan fingerprint density at radius 2 is 1.96 bits per heavy atom. The van der Waals surface area contributed by atoms with Crippen molar-refractivity contribution in [2.24, 2.45) is 10.9 Å². The fraction of sp³-hybridized carbons (Fsp3) is 0.350. The quantitative estimate of drug-likeness (QED) is 0.622. The topological polar surface area (TPSA) is 39.7 Å². The maximum absolute atomic E-state index is 13.4. The van der Waals surface area contributed by atoms with Crippen molar-refractivity contribution in [2.75, 3.05) is 19.4 Å². The van der Waals surface area contributed by atoms with Crippen molar-refractivity contribution in [3.05, 3.63) is 64.4 Å². The number of hydrogen-bond donors (Lipinski definition) is 2. The van der Waals surface area contributed by atoms with Crippen molar-refractivity contribution in [3.63, 3.8) is 0 Å². The van der Waals surface area contributed by atoms with Gasteiger partial charge >= 0.3 is 0 Å². The zero-order chi connectivity index (χ0) is 19.1. The van der Waals surface area contributed by atoms with Gasteiger partial charge in [0.05, 0.1) is 0 Å². The lowest BCUT2D eigenvalue weighted by Crippen LogP contribution is -2.43. The van der Waals surface area contributed by atoms with E-state index in [4.69, 9.17) is 0 Å². The maximum atomic E-state index is 13.4. The number of benzene rings is 1. The molecule has 27 heavy (non-hydrogen) atoms. The lowest BCUT2D eigenvalue weighted by atomic mass is 9.85. The van der Waals surface area contributed by atoms with E-state index in [1.54, 1.807) is 7.05 Å². The van der Waals surface area contributed by atoms with Gasteiger partial charge in [0.15, 0.2) is 17.5 Å². The van der Waals surface area contributed by atoms with Crippen LogP contribution >= 0.6 is 0 Å². The van der Waals surface area contributed by atoms with E-state index in [0.29, 0.717) is 11.7 Å². The Hall–Kier alpha value is -2.70. The highest BCUT2D eigenvalue weighted by Gasteiger charge is 2.38. The van der Waals surface area contributed by atoms with Crippen LogP contribution in [0.3, 0.4) is 0 Å². The Labute approximate surface area is 156 Å². The molecule has 0 radical (unpaired) electrons. The predicted octanol–water partition coefficient (Wildman–Crippen LogP) is 3.91. The SMILES string of the molecule is C/N=C/C1CCC2=C(C1)C1=CC=C(Nc3cc(F)c(F)c(F)c3)NC1N2C. The van der Waals surface area contributed by atoms with Gasteiger partial charge in [0.25, 0.3) is 0 Å². The molecule has 142 valence electrons. The van der Waals surface area contributed by atoms with Crippen molar-refractivity contribution >= 4 is 11.9 Å². The molecular weight excluding hydrogens is 353 g/mol. The summed E-state index contributed by atoms with van der Waals surface area (Å²) >= 11 is 0. The average Bonchev–Trinajstić information content (AvgIpc) is 2.92. The minimum atomic E-state index is -1.47. The third-order valence-electron chi connectivity index (χ3n) is 5.37. The number of hydrogen-bond acceptors (Lipinski definition) is 4. The summed E-state index contributed by atoms with van der Waals surface area (Å²) in [5, 5.41) is 6.29. The lowest BCUT2D eigenvalue weighted by Gasteiger charge is -2.31. The van der Waals surface area contributed by atoms with Crippen molar-refractivity contribution in [1.82, 2.24) is 10.2 Å². The van der Waals surface area contributed by atoms with E-state index >= 15 is 0 Å². The highest BCUT2D eigenvalue weighted by atomic mass is 19.2. The molecule has 0 fully saturated rings. The zero-order valence-electron chi connectivity index (χ0n) is 15.2. The molecule has 0 amide bonds. The molecular formula is C20H21F3N4. The molecule has 1 aliphatic carbocycles. The molecule has 7 heteroatoms. The van der Waals surface area contributed by atoms with Crippen LogP contribution in [0.15, 0.2) is 51.9 Å². The van der Waals surface area contributed by atoms with Crippen molar-refractivity contribution in [1.29, 1.82) is 0 Å². The summed E-state index contributed by atoms with van der Waals surface area (Å²) in [4.78, 5) is 6.38. The summed E-state index contributed by atoms with van der Waals surface area (Å²) in [6, 6.07) is 1.88. The van der Waals surface area contributed by atoms with Crippen LogP contribution in [0.25, 0.3) is 0 Å². The van der Waals surface area contributed by atoms with Crippen LogP contribution in [0.4, 0.5) is 18.9 Å². The Morgan fingerprint density at radius 3 is 2.67 bits per heavy atom. The van der Waals surface area contributed by atoms with Crippen molar-refractivity contribution in [3.8, 4) is 0 Å². The molecule has 1 aromatic rings. The maximum Gasteiger partial charge on any atom is 0.194 e. The van der Waals surface area contributed by atoms with E-state index in [-0.39, 0.29) is 11.9 Å². The Bertz CT molecular complexity index is 877. The molecule has 4 rings (SSSR count). The Kier molecular flexibility index (Phi) is 4.45. The van der Waals surface area contributed by atoms with Gasteiger partial charge in [-0.3, -0.25) is 0 Å². The molecule has 0 saturated heterocycles. The largest absolute Gasteiger partial charge is 0.354 e. The van der Waals surface area contributed by atoms with Gasteiger partial charge in [-0.15, -0.1) is 0 Å². The van der Waals surface area contributed by atoms with Crippen LogP contribution < -0.4 is 10.6 Å². The fourth-order valence-electron chi connectivity index (χ4n) is 4.09. The monoisotopic (exact) mass is 374 g/mol. The molecule has 2 atom stereocenters. The summed E-state index contributed by atoms with van der Waals surface area (Å²) in [5.41, 5.74) is 4.04. The van der Waals surface area contributed by atoms with Crippen LogP contribution in [0.5, 0.6) is 0 Å². The Balaban J connectivity index is 1.57. The highest BCUT2D eigenvalue weighted by Crippen LogP contribution is 2.43. The number of dihydropyridines is 1. The number of fused-ring (bicyclic) bond motifs is 2. The van der Waals surface area contributed by atoms with Gasteiger partial charge in [-0.2, -0.15) is 0 Å². The first-order valence-electron chi connectivity index (χ1n) is 8.95. The number of halogens is 3. The van der Waals surface area contributed by atoms with Gasteiger partial charge in [0.1, 0.15) is 12.0 Å². The number of anilines is 1. The first-order valence-corrected chi connectivity index (χ1v) is 8.95. The van der Waals surface area contributed by atoms with Gasteiger partial charge in [0.2, 0.25) is 0 Å². The Morgan fingerprint density at radius 1 is 1.22 bits per heavy atom. The molecule has 2 aliphatic heterocycles. The predicted molar refractivity (Wildman–Crippen MR) is 99.6 cm³/mol. The number of nitrogens with zero attached hydrogens (tertiary/aromatic N) is 2. The zero-order valence-corrected chi connectivity index (χ0v) is 15.2. The van der Waals surface area contributed by atoms with Crippen LogP contribution in [-0.2, 0) is 0 Å². The third kappa shape index (κ3) is 3.11. The van der Waals surface area contributed by atoms with Crippen LogP contribution in [0.2, 0.25) is 0 Å². The summed E-state index contributed by atoms with van der Waals surface area (Å²) in [5.74, 6) is -2.85. The molecule has 3 aliphatic rings. The number of allylic oxidation sites excluding steroid dienone is 3. The summed E-state index contributed by atoms with van der Waals surface area (Å²) in [6.07, 6.45) is 8.90. The molecule has 2 N–H and O–H groups in total. The molecule has 1 aromatic carbocycles. The fourth-order valence-corrected chi connectivity index (χ4v) is 4.09. The summed E-state index contributed by atoms with van der Waals surface area (Å²) < 4.78 is 40.0. The minimum Gasteiger partial charge on any atom is -0.354 e. The molecule has 4 nitrogen and oxygen atoms in total. The molecule has 0 spiro atoms. The number of rotatable bonds is 3. The number of likely N-dealkylation sites (N-methyl/N-ethyl adjacent to an activating group) is 1. The third-order valence-corrected chi connectivity index (χ3v) is 5.37. The summed E-state index contributed by atoms with van der Waals surface area (Å²) in [6.45, 7) is 0. The van der Waals surface area contributed by atoms with Crippen LogP contribution in [-0.4, -0.2) is 31.4 Å². The van der Waals surface area contributed by atoms with Gasteiger partial charge in [-0.1, -0.05) is 6.08 Å².